The van der Waals surface area contributed by atoms with Gasteiger partial charge in [0.05, 0.1) is 12.6 Å². The number of nitrogens with one attached hydrogen (secondary N) is 2. The van der Waals surface area contributed by atoms with Gasteiger partial charge in [-0.1, -0.05) is 0 Å². The van der Waals surface area contributed by atoms with Crippen molar-refractivity contribution in [3.8, 4) is 5.75 Å². The molecule has 0 saturated carbocycles. The second kappa shape index (κ2) is 6.87. The Hall–Kier alpha value is -1.65. The third-order valence-electron chi connectivity index (χ3n) is 4.20. The molecule has 0 bridgehead atoms. The summed E-state index contributed by atoms with van der Waals surface area (Å²) in [6.45, 7) is 3.15. The lowest BCUT2D eigenvalue weighted by atomic mass is 10.1. The fourth-order valence-corrected chi connectivity index (χ4v) is 2.94. The summed E-state index contributed by atoms with van der Waals surface area (Å²) in [4.78, 5) is 4.43. The van der Waals surface area contributed by atoms with Gasteiger partial charge in [0.2, 0.25) is 0 Å². The van der Waals surface area contributed by atoms with Crippen molar-refractivity contribution in [2.24, 2.45) is 0 Å². The Morgan fingerprint density at radius 3 is 3.14 bits per heavy atom. The predicted molar refractivity (Wildman–Crippen MR) is 85.6 cm³/mol. The highest BCUT2D eigenvalue weighted by molar-refractivity contribution is 5.83. The van der Waals surface area contributed by atoms with Crippen LogP contribution in [-0.4, -0.2) is 31.2 Å². The maximum atomic E-state index is 5.33. The molecule has 1 atom stereocenters. The van der Waals surface area contributed by atoms with Crippen LogP contribution < -0.4 is 15.4 Å². The largest absolute Gasteiger partial charge is 0.497 e. The summed E-state index contributed by atoms with van der Waals surface area (Å²) in [5, 5.41) is 8.33. The maximum absolute atomic E-state index is 5.33. The number of rotatable bonds is 4. The first-order valence-corrected chi connectivity index (χ1v) is 7.72. The summed E-state index contributed by atoms with van der Waals surface area (Å²) in [5.74, 6) is 0.885. The van der Waals surface area contributed by atoms with Crippen molar-refractivity contribution in [3.05, 3.63) is 36.0 Å². The van der Waals surface area contributed by atoms with Gasteiger partial charge in [0.25, 0.3) is 0 Å². The molecule has 0 amide bonds. The maximum Gasteiger partial charge on any atom is 0.119 e. The number of hydrogen-bond acceptors (Lipinski definition) is 4. The molecule has 2 aromatic rings. The van der Waals surface area contributed by atoms with E-state index < -0.39 is 0 Å². The molecule has 1 fully saturated rings. The van der Waals surface area contributed by atoms with Crippen LogP contribution in [0.1, 0.15) is 24.8 Å². The Morgan fingerprint density at radius 1 is 1.29 bits per heavy atom. The molecule has 2 N–H and O–H groups in total. The zero-order valence-corrected chi connectivity index (χ0v) is 12.6. The van der Waals surface area contributed by atoms with Crippen molar-refractivity contribution in [2.45, 2.75) is 31.8 Å². The van der Waals surface area contributed by atoms with Gasteiger partial charge in [-0.3, -0.25) is 4.98 Å². The highest BCUT2D eigenvalue weighted by atomic mass is 16.5. The molecule has 112 valence electrons. The zero-order chi connectivity index (χ0) is 14.5. The molecule has 4 nitrogen and oxygen atoms in total. The van der Waals surface area contributed by atoms with Crippen molar-refractivity contribution in [2.75, 3.05) is 20.2 Å². The Kier molecular flexibility index (Phi) is 4.68. The minimum atomic E-state index is 0.605. The van der Waals surface area contributed by atoms with E-state index in [1.807, 2.05) is 18.3 Å². The lowest BCUT2D eigenvalue weighted by Gasteiger charge is -2.17. The summed E-state index contributed by atoms with van der Waals surface area (Å²) in [5.41, 5.74) is 2.31. The third kappa shape index (κ3) is 3.52. The molecule has 1 aromatic heterocycles. The first kappa shape index (κ1) is 14.3. The normalized spacial score (nSPS) is 19.4. The molecular formula is C17H23N3O. The molecule has 2 heterocycles. The van der Waals surface area contributed by atoms with E-state index >= 15 is 0 Å². The minimum Gasteiger partial charge on any atom is -0.497 e. The van der Waals surface area contributed by atoms with E-state index in [1.54, 1.807) is 7.11 Å². The standard InChI is InChI=1S/C17H23N3O/c1-21-15-4-5-17-16(11-15)13(6-10-19-17)12-20-14-3-2-8-18-9-7-14/h4-6,10-11,14,18,20H,2-3,7-9,12H2,1H3. The number of methoxy groups -OCH3 is 1. The summed E-state index contributed by atoms with van der Waals surface area (Å²) in [6.07, 6.45) is 5.59. The summed E-state index contributed by atoms with van der Waals surface area (Å²) in [6, 6.07) is 8.77. The van der Waals surface area contributed by atoms with Crippen molar-refractivity contribution >= 4 is 10.9 Å². The fraction of sp³-hybridized carbons (Fsp3) is 0.471. The zero-order valence-electron chi connectivity index (χ0n) is 12.6. The molecule has 4 heteroatoms. The molecule has 1 aromatic carbocycles. The van der Waals surface area contributed by atoms with E-state index in [0.717, 1.165) is 30.9 Å². The van der Waals surface area contributed by atoms with E-state index in [0.29, 0.717) is 6.04 Å². The highest BCUT2D eigenvalue weighted by Gasteiger charge is 2.12. The summed E-state index contributed by atoms with van der Waals surface area (Å²) < 4.78 is 5.33. The van der Waals surface area contributed by atoms with Crippen LogP contribution >= 0.6 is 0 Å². The van der Waals surface area contributed by atoms with E-state index in [4.69, 9.17) is 4.74 Å². The van der Waals surface area contributed by atoms with Crippen LogP contribution in [-0.2, 0) is 6.54 Å². The van der Waals surface area contributed by atoms with Gasteiger partial charge in [-0.15, -0.1) is 0 Å². The Morgan fingerprint density at radius 2 is 2.24 bits per heavy atom. The number of fused-ring (bicyclic) bond motifs is 1. The van der Waals surface area contributed by atoms with Crippen molar-refractivity contribution < 1.29 is 4.74 Å². The van der Waals surface area contributed by atoms with Crippen LogP contribution in [0.5, 0.6) is 5.75 Å². The van der Waals surface area contributed by atoms with Gasteiger partial charge in [-0.25, -0.2) is 0 Å². The average molecular weight is 285 g/mol. The summed E-state index contributed by atoms with van der Waals surface area (Å²) in [7, 11) is 1.70. The van der Waals surface area contributed by atoms with Gasteiger partial charge >= 0.3 is 0 Å². The lowest BCUT2D eigenvalue weighted by molar-refractivity contribution is 0.415. The molecule has 3 rings (SSSR count). The van der Waals surface area contributed by atoms with Crippen LogP contribution in [0, 0.1) is 0 Å². The van der Waals surface area contributed by atoms with Gasteiger partial charge in [-0.05, 0) is 62.2 Å². The molecule has 21 heavy (non-hydrogen) atoms. The van der Waals surface area contributed by atoms with Gasteiger partial charge in [-0.2, -0.15) is 0 Å². The molecule has 1 aliphatic heterocycles. The molecule has 1 saturated heterocycles. The Balaban J connectivity index is 1.76. The number of benzene rings is 1. The van der Waals surface area contributed by atoms with Crippen molar-refractivity contribution in [1.29, 1.82) is 0 Å². The lowest BCUT2D eigenvalue weighted by Crippen LogP contribution is -2.29. The van der Waals surface area contributed by atoms with Crippen LogP contribution in [0.25, 0.3) is 10.9 Å². The third-order valence-corrected chi connectivity index (χ3v) is 4.20. The van der Waals surface area contributed by atoms with E-state index in [9.17, 15) is 0 Å². The SMILES string of the molecule is COc1ccc2nccc(CNC3CCCNCC3)c2c1. The van der Waals surface area contributed by atoms with Gasteiger partial charge in [0.15, 0.2) is 0 Å². The molecule has 1 aliphatic rings. The number of pyridine rings is 1. The van der Waals surface area contributed by atoms with Gasteiger partial charge < -0.3 is 15.4 Å². The second-order valence-electron chi connectivity index (χ2n) is 5.61. The Bertz CT molecular complexity index is 592. The molecule has 0 aliphatic carbocycles. The van der Waals surface area contributed by atoms with Crippen molar-refractivity contribution in [3.63, 3.8) is 0 Å². The smallest absolute Gasteiger partial charge is 0.119 e. The van der Waals surface area contributed by atoms with Crippen LogP contribution in [0.3, 0.4) is 0 Å². The topological polar surface area (TPSA) is 46.2 Å². The summed E-state index contributed by atoms with van der Waals surface area (Å²) >= 11 is 0. The number of aromatic nitrogens is 1. The van der Waals surface area contributed by atoms with Crippen LogP contribution in [0.2, 0.25) is 0 Å². The van der Waals surface area contributed by atoms with E-state index in [2.05, 4.69) is 27.8 Å². The fourth-order valence-electron chi connectivity index (χ4n) is 2.94. The minimum absolute atomic E-state index is 0.605. The van der Waals surface area contributed by atoms with Crippen molar-refractivity contribution in [1.82, 2.24) is 15.6 Å². The first-order chi connectivity index (χ1) is 10.4. The first-order valence-electron chi connectivity index (χ1n) is 7.72. The van der Waals surface area contributed by atoms with Gasteiger partial charge in [0.1, 0.15) is 5.75 Å². The monoisotopic (exact) mass is 285 g/mol. The molecule has 0 spiro atoms. The number of hydrogen-bond donors (Lipinski definition) is 2. The van der Waals surface area contributed by atoms with Crippen LogP contribution in [0.4, 0.5) is 0 Å². The number of nitrogens with zero attached hydrogens (tertiary/aromatic N) is 1. The van der Waals surface area contributed by atoms with E-state index in [-0.39, 0.29) is 0 Å². The average Bonchev–Trinajstić information content (AvgIpc) is 2.81. The van der Waals surface area contributed by atoms with Gasteiger partial charge in [0, 0.05) is 24.2 Å². The molecule has 0 radical (unpaired) electrons. The quantitative estimate of drug-likeness (QED) is 0.906. The van der Waals surface area contributed by atoms with E-state index in [1.165, 1.54) is 30.2 Å². The van der Waals surface area contributed by atoms with Crippen LogP contribution in [0.15, 0.2) is 30.5 Å². The predicted octanol–water partition coefficient (Wildman–Crippen LogP) is 2.48. The molecular weight excluding hydrogens is 262 g/mol. The number of ether oxygens (including phenoxy) is 1. The Labute approximate surface area is 125 Å². The highest BCUT2D eigenvalue weighted by Crippen LogP contribution is 2.22. The second-order valence-corrected chi connectivity index (χ2v) is 5.61. The molecule has 1 unspecified atom stereocenters.